The van der Waals surface area contributed by atoms with Crippen molar-refractivity contribution in [1.82, 2.24) is 9.80 Å². The molecule has 7 nitrogen and oxygen atoms in total. The topological polar surface area (TPSA) is 87.1 Å². The molecule has 3 fully saturated rings. The summed E-state index contributed by atoms with van der Waals surface area (Å²) in [4.78, 5) is 44.4. The highest BCUT2D eigenvalue weighted by molar-refractivity contribution is 8.02. The van der Waals surface area contributed by atoms with E-state index in [2.05, 4.69) is 13.2 Å². The Morgan fingerprint density at radius 2 is 2.03 bits per heavy atom. The number of unbranched alkanes of at least 4 members (excludes halogenated alkanes) is 2. The molecule has 0 aromatic heterocycles. The molecule has 3 saturated heterocycles. The molecule has 3 aliphatic rings. The number of nitrogens with zero attached hydrogens (tertiary/aromatic N) is 2. The van der Waals surface area contributed by atoms with Crippen molar-refractivity contribution in [2.24, 2.45) is 11.8 Å². The minimum Gasteiger partial charge on any atom is -0.465 e. The molecule has 0 aliphatic carbocycles. The predicted molar refractivity (Wildman–Crippen MR) is 134 cm³/mol. The number of fused-ring (bicyclic) bond motifs is 1. The van der Waals surface area contributed by atoms with E-state index >= 15 is 0 Å². The number of ether oxygens (including phenoxy) is 1. The van der Waals surface area contributed by atoms with Gasteiger partial charge in [0.15, 0.2) is 0 Å². The standard InChI is InChI=1S/C26H40N2O5S/c1-7-9-10-11-15-33-24(32)19-18-12-13-26(34-18)20(19)22(30)28(17(3)16-29)21(26)23(31)27(14-8-2)25(4,5)6/h7-8,17-21,29H,1-2,9-16H2,3-6H3/t17-,18-,19+,20+,21?,26?/m1/s1. The molecular weight excluding hydrogens is 452 g/mol. The van der Waals surface area contributed by atoms with Gasteiger partial charge in [0.1, 0.15) is 6.04 Å². The summed E-state index contributed by atoms with van der Waals surface area (Å²) in [6.07, 6.45) is 7.53. The van der Waals surface area contributed by atoms with Gasteiger partial charge in [-0.1, -0.05) is 12.2 Å². The zero-order valence-electron chi connectivity index (χ0n) is 21.0. The van der Waals surface area contributed by atoms with E-state index in [-0.39, 0.29) is 29.6 Å². The van der Waals surface area contributed by atoms with Crippen molar-refractivity contribution < 1.29 is 24.2 Å². The average molecular weight is 493 g/mol. The molecule has 6 atom stereocenters. The summed E-state index contributed by atoms with van der Waals surface area (Å²) in [5.41, 5.74) is -0.470. The Kier molecular flexibility index (Phi) is 8.23. The molecule has 0 aromatic carbocycles. The number of hydrogen-bond donors (Lipinski definition) is 1. The van der Waals surface area contributed by atoms with Crippen LogP contribution in [-0.4, -0.2) is 80.1 Å². The van der Waals surface area contributed by atoms with Crippen molar-refractivity contribution in [1.29, 1.82) is 0 Å². The number of aliphatic hydroxyl groups excluding tert-OH is 1. The largest absolute Gasteiger partial charge is 0.465 e. The molecule has 1 N–H and O–H groups in total. The van der Waals surface area contributed by atoms with Gasteiger partial charge >= 0.3 is 5.97 Å². The smallest absolute Gasteiger partial charge is 0.310 e. The van der Waals surface area contributed by atoms with Crippen LogP contribution >= 0.6 is 11.8 Å². The molecule has 2 amide bonds. The maximum absolute atomic E-state index is 14.1. The lowest BCUT2D eigenvalue weighted by molar-refractivity contribution is -0.154. The first-order valence-electron chi connectivity index (χ1n) is 12.4. The summed E-state index contributed by atoms with van der Waals surface area (Å²) in [6, 6.07) is -1.26. The number of aliphatic hydroxyl groups is 1. The highest BCUT2D eigenvalue weighted by Crippen LogP contribution is 2.67. The van der Waals surface area contributed by atoms with E-state index in [1.54, 1.807) is 34.6 Å². The summed E-state index contributed by atoms with van der Waals surface area (Å²) in [5, 5.41) is 9.94. The Morgan fingerprint density at radius 1 is 1.32 bits per heavy atom. The average Bonchev–Trinajstić information content (AvgIpc) is 3.42. The van der Waals surface area contributed by atoms with Gasteiger partial charge in [-0.3, -0.25) is 14.4 Å². The van der Waals surface area contributed by atoms with Gasteiger partial charge in [-0.05, 0) is 59.8 Å². The fourth-order valence-electron chi connectivity index (χ4n) is 5.83. The lowest BCUT2D eigenvalue weighted by Crippen LogP contribution is -2.60. The molecule has 8 heteroatoms. The quantitative estimate of drug-likeness (QED) is 0.271. The first kappa shape index (κ1) is 26.8. The Hall–Kier alpha value is -1.80. The first-order chi connectivity index (χ1) is 16.0. The van der Waals surface area contributed by atoms with E-state index in [0.29, 0.717) is 19.6 Å². The Morgan fingerprint density at radius 3 is 2.62 bits per heavy atom. The SMILES string of the molecule is C=CCCCCOC(=O)[C@@H]1[C@H]2C(=O)N([C@H](C)CO)C(C(=O)N(CC=C)C(C)(C)C)C23CC[C@H]1S3. The van der Waals surface area contributed by atoms with E-state index in [9.17, 15) is 19.5 Å². The van der Waals surface area contributed by atoms with Gasteiger partial charge in [-0.15, -0.1) is 24.9 Å². The molecule has 2 bridgehead atoms. The van der Waals surface area contributed by atoms with Gasteiger partial charge in [-0.2, -0.15) is 0 Å². The molecule has 190 valence electrons. The van der Waals surface area contributed by atoms with Crippen molar-refractivity contribution in [2.45, 2.75) is 87.4 Å². The number of carbonyl (C=O) groups is 3. The van der Waals surface area contributed by atoms with Crippen LogP contribution < -0.4 is 0 Å². The monoisotopic (exact) mass is 492 g/mol. The fraction of sp³-hybridized carbons (Fsp3) is 0.731. The first-order valence-corrected chi connectivity index (χ1v) is 13.2. The second-order valence-corrected chi connectivity index (χ2v) is 12.3. The van der Waals surface area contributed by atoms with E-state index in [1.807, 2.05) is 26.8 Å². The molecule has 1 spiro atoms. The normalized spacial score (nSPS) is 30.7. The van der Waals surface area contributed by atoms with Crippen LogP contribution in [-0.2, 0) is 19.1 Å². The van der Waals surface area contributed by atoms with E-state index in [4.69, 9.17) is 4.74 Å². The zero-order valence-corrected chi connectivity index (χ0v) is 21.8. The third-order valence-electron chi connectivity index (χ3n) is 7.42. The van der Waals surface area contributed by atoms with Crippen LogP contribution in [0.4, 0.5) is 0 Å². The number of likely N-dealkylation sites (tertiary alicyclic amines) is 1. The van der Waals surface area contributed by atoms with Crippen LogP contribution in [0.15, 0.2) is 25.3 Å². The van der Waals surface area contributed by atoms with Gasteiger partial charge in [0.05, 0.1) is 35.8 Å². The lowest BCUT2D eigenvalue weighted by Gasteiger charge is -2.43. The number of allylic oxidation sites excluding steroid dienone is 1. The van der Waals surface area contributed by atoms with Gasteiger partial charge in [0.25, 0.3) is 0 Å². The van der Waals surface area contributed by atoms with E-state index in [0.717, 1.165) is 25.7 Å². The molecule has 2 unspecified atom stereocenters. The van der Waals surface area contributed by atoms with Gasteiger partial charge in [0, 0.05) is 17.3 Å². The summed E-state index contributed by atoms with van der Waals surface area (Å²) in [5.74, 6) is -1.85. The molecule has 34 heavy (non-hydrogen) atoms. The molecule has 0 aromatic rings. The molecule has 0 radical (unpaired) electrons. The number of thioether (sulfide) groups is 1. The van der Waals surface area contributed by atoms with Crippen LogP contribution in [0.5, 0.6) is 0 Å². The van der Waals surface area contributed by atoms with Crippen molar-refractivity contribution in [3.63, 3.8) is 0 Å². The van der Waals surface area contributed by atoms with Crippen molar-refractivity contribution in [3.05, 3.63) is 25.3 Å². The number of amides is 2. The second kappa shape index (κ2) is 10.4. The van der Waals surface area contributed by atoms with Crippen LogP contribution in [0.1, 0.15) is 59.8 Å². The van der Waals surface area contributed by atoms with Gasteiger partial charge in [0.2, 0.25) is 11.8 Å². The predicted octanol–water partition coefficient (Wildman–Crippen LogP) is 3.17. The second-order valence-electron chi connectivity index (χ2n) is 10.7. The molecule has 3 rings (SSSR count). The number of hydrogen-bond acceptors (Lipinski definition) is 6. The maximum atomic E-state index is 14.1. The van der Waals surface area contributed by atoms with Crippen LogP contribution in [0.3, 0.4) is 0 Å². The van der Waals surface area contributed by atoms with Crippen molar-refractivity contribution >= 4 is 29.5 Å². The van der Waals surface area contributed by atoms with Crippen molar-refractivity contribution in [3.8, 4) is 0 Å². The Bertz CT molecular complexity index is 824. The third-order valence-corrected chi connectivity index (χ3v) is 9.37. The van der Waals surface area contributed by atoms with Crippen LogP contribution in [0.2, 0.25) is 0 Å². The number of rotatable bonds is 11. The molecule has 3 aliphatic heterocycles. The third kappa shape index (κ3) is 4.55. The molecule has 0 saturated carbocycles. The van der Waals surface area contributed by atoms with Crippen LogP contribution in [0, 0.1) is 11.8 Å². The summed E-state index contributed by atoms with van der Waals surface area (Å²) >= 11 is 1.62. The van der Waals surface area contributed by atoms with Crippen LogP contribution in [0.25, 0.3) is 0 Å². The lowest BCUT2D eigenvalue weighted by atomic mass is 9.71. The summed E-state index contributed by atoms with van der Waals surface area (Å²) in [6.45, 7) is 15.6. The molecular formula is C26H40N2O5S. The number of carbonyl (C=O) groups excluding carboxylic acids is 3. The van der Waals surface area contributed by atoms with Gasteiger partial charge in [-0.25, -0.2) is 0 Å². The number of esters is 1. The Balaban J connectivity index is 1.93. The van der Waals surface area contributed by atoms with E-state index < -0.39 is 34.2 Å². The minimum absolute atomic E-state index is 0.0287. The zero-order chi connectivity index (χ0) is 25.3. The highest BCUT2D eigenvalue weighted by Gasteiger charge is 2.74. The summed E-state index contributed by atoms with van der Waals surface area (Å²) < 4.78 is 4.94. The minimum atomic E-state index is -0.730. The fourth-order valence-corrected chi connectivity index (χ4v) is 8.02. The maximum Gasteiger partial charge on any atom is 0.310 e. The van der Waals surface area contributed by atoms with Gasteiger partial charge < -0.3 is 19.6 Å². The highest BCUT2D eigenvalue weighted by atomic mass is 32.2. The van der Waals surface area contributed by atoms with E-state index in [1.165, 1.54) is 0 Å². The molecule has 3 heterocycles. The van der Waals surface area contributed by atoms with Crippen molar-refractivity contribution in [2.75, 3.05) is 19.8 Å². The summed E-state index contributed by atoms with van der Waals surface area (Å²) in [7, 11) is 0. The Labute approximate surface area is 208 Å².